The molecule has 4 nitrogen and oxygen atoms in total. The molecule has 1 atom stereocenters. The first-order valence-corrected chi connectivity index (χ1v) is 10.2. The summed E-state index contributed by atoms with van der Waals surface area (Å²) in [5.74, 6) is 0.595. The molecule has 2 aliphatic rings. The minimum atomic E-state index is -0.453. The molecule has 1 N–H and O–H groups in total. The molecule has 2 aliphatic carbocycles. The second-order valence-corrected chi connectivity index (χ2v) is 7.90. The van der Waals surface area contributed by atoms with Crippen molar-refractivity contribution in [2.45, 2.75) is 30.7 Å². The third-order valence-corrected chi connectivity index (χ3v) is 5.90. The van der Waals surface area contributed by atoms with E-state index in [1.807, 2.05) is 30.3 Å². The van der Waals surface area contributed by atoms with E-state index in [0.717, 1.165) is 47.3 Å². The van der Waals surface area contributed by atoms with Gasteiger partial charge in [-0.15, -0.1) is 0 Å². The van der Waals surface area contributed by atoms with Crippen LogP contribution >= 0.6 is 0 Å². The largest absolute Gasteiger partial charge is 0.365 e. The van der Waals surface area contributed by atoms with Crippen molar-refractivity contribution in [2.24, 2.45) is 0 Å². The number of benzene rings is 2. The Hall–Kier alpha value is -3.47. The standard InChI is InChI=1S/C25H22FN3O/c26-20-9-7-19(8-10-20)25(18-5-2-1-3-6-18)14-13-22-23(17-25)29(15-4-16-30)28-24(22)27-21-11-12-21/h1-10,13-16,21H,11-12,17H2,(H,27,28). The quantitative estimate of drug-likeness (QED) is 0.477. The van der Waals surface area contributed by atoms with Crippen LogP contribution in [0.3, 0.4) is 0 Å². The van der Waals surface area contributed by atoms with Crippen LogP contribution in [0.4, 0.5) is 10.2 Å². The number of nitrogens with zero attached hydrogens (tertiary/aromatic N) is 2. The third kappa shape index (κ3) is 3.26. The van der Waals surface area contributed by atoms with E-state index in [2.05, 4.69) is 29.6 Å². The number of hydrogen-bond donors (Lipinski definition) is 1. The average molecular weight is 399 g/mol. The van der Waals surface area contributed by atoms with Gasteiger partial charge in [0.15, 0.2) is 5.82 Å². The number of anilines is 1. The number of aromatic nitrogens is 2. The van der Waals surface area contributed by atoms with Crippen molar-refractivity contribution in [3.05, 3.63) is 95.0 Å². The number of rotatable bonds is 6. The lowest BCUT2D eigenvalue weighted by molar-refractivity contribution is -0.104. The van der Waals surface area contributed by atoms with Crippen LogP contribution in [0, 0.1) is 5.82 Å². The molecule has 0 saturated heterocycles. The highest BCUT2D eigenvalue weighted by Crippen LogP contribution is 2.43. The summed E-state index contributed by atoms with van der Waals surface area (Å²) >= 11 is 0. The number of hydrogen-bond acceptors (Lipinski definition) is 3. The van der Waals surface area contributed by atoms with Gasteiger partial charge in [-0.3, -0.25) is 4.79 Å². The van der Waals surface area contributed by atoms with Crippen LogP contribution in [0.5, 0.6) is 0 Å². The predicted molar refractivity (Wildman–Crippen MR) is 117 cm³/mol. The van der Waals surface area contributed by atoms with Gasteiger partial charge in [0.25, 0.3) is 0 Å². The Balaban J connectivity index is 1.66. The van der Waals surface area contributed by atoms with Crippen molar-refractivity contribution >= 4 is 24.4 Å². The van der Waals surface area contributed by atoms with E-state index < -0.39 is 5.41 Å². The van der Waals surface area contributed by atoms with Gasteiger partial charge in [0.1, 0.15) is 12.1 Å². The van der Waals surface area contributed by atoms with E-state index in [9.17, 15) is 9.18 Å². The SMILES string of the molecule is O=CC=Cn1nc(NC2CC2)c2c1CC(c1ccccc1)(c1ccc(F)cc1)C=C2. The van der Waals surface area contributed by atoms with E-state index in [1.165, 1.54) is 18.2 Å². The summed E-state index contributed by atoms with van der Waals surface area (Å²) in [5.41, 5.74) is 3.76. The number of nitrogens with one attached hydrogen (secondary N) is 1. The van der Waals surface area contributed by atoms with E-state index in [-0.39, 0.29) is 5.82 Å². The Labute approximate surface area is 174 Å². The number of carbonyl (C=O) groups excluding carboxylic acids is 1. The van der Waals surface area contributed by atoms with Gasteiger partial charge in [0.05, 0.1) is 5.69 Å². The molecule has 3 aromatic rings. The van der Waals surface area contributed by atoms with Gasteiger partial charge in [-0.2, -0.15) is 5.10 Å². The topological polar surface area (TPSA) is 46.9 Å². The summed E-state index contributed by atoms with van der Waals surface area (Å²) in [6, 6.07) is 17.4. The van der Waals surface area contributed by atoms with Crippen LogP contribution in [0.1, 0.15) is 35.2 Å². The Morgan fingerprint density at radius 3 is 2.50 bits per heavy atom. The molecule has 0 amide bonds. The molecule has 2 aromatic carbocycles. The zero-order chi connectivity index (χ0) is 20.6. The molecule has 0 spiro atoms. The molecule has 30 heavy (non-hydrogen) atoms. The van der Waals surface area contributed by atoms with Crippen molar-refractivity contribution in [3.8, 4) is 0 Å². The summed E-state index contributed by atoms with van der Waals surface area (Å²) in [5, 5.41) is 8.23. The van der Waals surface area contributed by atoms with Crippen LogP contribution in [-0.2, 0) is 16.6 Å². The Kier molecular flexibility index (Phi) is 4.58. The number of aldehydes is 1. The van der Waals surface area contributed by atoms with Crippen LogP contribution < -0.4 is 5.32 Å². The van der Waals surface area contributed by atoms with Gasteiger partial charge < -0.3 is 5.32 Å². The number of fused-ring (bicyclic) bond motifs is 1. The number of allylic oxidation sites excluding steroid dienone is 2. The van der Waals surface area contributed by atoms with Crippen LogP contribution in [0.2, 0.25) is 0 Å². The monoisotopic (exact) mass is 399 g/mol. The molecular formula is C25H22FN3O. The van der Waals surface area contributed by atoms with E-state index in [1.54, 1.807) is 10.9 Å². The Morgan fingerprint density at radius 1 is 1.07 bits per heavy atom. The van der Waals surface area contributed by atoms with Crippen molar-refractivity contribution in [1.82, 2.24) is 9.78 Å². The van der Waals surface area contributed by atoms with Gasteiger partial charge in [0.2, 0.25) is 0 Å². The molecule has 0 aliphatic heterocycles. The normalized spacial score (nSPS) is 20.3. The first kappa shape index (κ1) is 18.6. The third-order valence-electron chi connectivity index (χ3n) is 5.90. The lowest BCUT2D eigenvalue weighted by Gasteiger charge is -2.35. The lowest BCUT2D eigenvalue weighted by Crippen LogP contribution is -2.31. The van der Waals surface area contributed by atoms with E-state index >= 15 is 0 Å². The predicted octanol–water partition coefficient (Wildman–Crippen LogP) is 4.82. The van der Waals surface area contributed by atoms with Crippen molar-refractivity contribution in [2.75, 3.05) is 5.32 Å². The molecule has 5 rings (SSSR count). The van der Waals surface area contributed by atoms with E-state index in [0.29, 0.717) is 12.5 Å². The minimum Gasteiger partial charge on any atom is -0.365 e. The summed E-state index contributed by atoms with van der Waals surface area (Å²) in [7, 11) is 0. The van der Waals surface area contributed by atoms with Crippen molar-refractivity contribution in [3.63, 3.8) is 0 Å². The maximum atomic E-state index is 13.7. The molecule has 0 radical (unpaired) electrons. The van der Waals surface area contributed by atoms with Gasteiger partial charge >= 0.3 is 0 Å². The zero-order valence-electron chi connectivity index (χ0n) is 16.5. The first-order chi connectivity index (χ1) is 14.7. The molecule has 1 saturated carbocycles. The highest BCUT2D eigenvalue weighted by Gasteiger charge is 2.38. The first-order valence-electron chi connectivity index (χ1n) is 10.2. The summed E-state index contributed by atoms with van der Waals surface area (Å²) < 4.78 is 15.5. The minimum absolute atomic E-state index is 0.252. The Morgan fingerprint density at radius 2 is 1.80 bits per heavy atom. The molecule has 1 fully saturated rings. The van der Waals surface area contributed by atoms with Gasteiger partial charge in [-0.05, 0) is 42.2 Å². The highest BCUT2D eigenvalue weighted by atomic mass is 19.1. The summed E-state index contributed by atoms with van der Waals surface area (Å²) in [6.45, 7) is 0. The summed E-state index contributed by atoms with van der Waals surface area (Å²) in [4.78, 5) is 11.0. The van der Waals surface area contributed by atoms with E-state index in [4.69, 9.17) is 5.10 Å². The molecular weight excluding hydrogens is 377 g/mol. The molecule has 0 bridgehead atoms. The fraction of sp³-hybridized carbons (Fsp3) is 0.200. The van der Waals surface area contributed by atoms with Crippen LogP contribution in [-0.4, -0.2) is 22.1 Å². The highest BCUT2D eigenvalue weighted by molar-refractivity contribution is 5.74. The number of halogens is 1. The molecule has 150 valence electrons. The molecule has 1 heterocycles. The zero-order valence-corrected chi connectivity index (χ0v) is 16.5. The number of carbonyl (C=O) groups is 1. The second kappa shape index (κ2) is 7.41. The van der Waals surface area contributed by atoms with Crippen molar-refractivity contribution < 1.29 is 9.18 Å². The maximum Gasteiger partial charge on any atom is 0.156 e. The van der Waals surface area contributed by atoms with Crippen molar-refractivity contribution in [1.29, 1.82) is 0 Å². The average Bonchev–Trinajstić information content (AvgIpc) is 3.54. The second-order valence-electron chi connectivity index (χ2n) is 7.90. The van der Waals surface area contributed by atoms with Gasteiger partial charge in [-0.25, -0.2) is 9.07 Å². The lowest BCUT2D eigenvalue weighted by atomic mass is 9.68. The van der Waals surface area contributed by atoms with Crippen LogP contribution in [0.25, 0.3) is 12.3 Å². The van der Waals surface area contributed by atoms with Crippen LogP contribution in [0.15, 0.2) is 66.7 Å². The fourth-order valence-corrected chi connectivity index (χ4v) is 4.20. The molecule has 1 unspecified atom stereocenters. The molecule has 5 heteroatoms. The molecule has 1 aromatic heterocycles. The maximum absolute atomic E-state index is 13.7. The Bertz CT molecular complexity index is 1130. The smallest absolute Gasteiger partial charge is 0.156 e. The van der Waals surface area contributed by atoms with Gasteiger partial charge in [-0.1, -0.05) is 54.6 Å². The fourth-order valence-electron chi connectivity index (χ4n) is 4.20. The summed E-state index contributed by atoms with van der Waals surface area (Å²) in [6.07, 6.45) is 11.2. The van der Waals surface area contributed by atoms with Gasteiger partial charge in [0, 0.05) is 29.6 Å².